The molecule has 2 aromatic rings. The molecule has 0 saturated carbocycles. The van der Waals surface area contributed by atoms with Crippen molar-refractivity contribution in [3.8, 4) is 5.75 Å². The van der Waals surface area contributed by atoms with Crippen LogP contribution in [-0.4, -0.2) is 39.4 Å². The number of amides is 4. The topological polar surface area (TPSA) is 143 Å². The number of carbonyl (C=O) groups is 3. The van der Waals surface area contributed by atoms with Crippen LogP contribution in [0.2, 0.25) is 0 Å². The maximum absolute atomic E-state index is 12.7. The first kappa shape index (κ1) is 21.1. The van der Waals surface area contributed by atoms with Crippen molar-refractivity contribution < 1.29 is 27.5 Å². The van der Waals surface area contributed by atoms with Gasteiger partial charge in [-0.1, -0.05) is 18.2 Å². The molecular weight excluding hydrogens is 412 g/mol. The molecule has 1 aliphatic heterocycles. The zero-order valence-electron chi connectivity index (χ0n) is 16.0. The van der Waals surface area contributed by atoms with Crippen molar-refractivity contribution in [3.63, 3.8) is 0 Å². The number of benzene rings is 2. The zero-order valence-corrected chi connectivity index (χ0v) is 16.8. The molecule has 1 atom stereocenters. The van der Waals surface area contributed by atoms with E-state index in [1.165, 1.54) is 25.3 Å². The van der Waals surface area contributed by atoms with E-state index >= 15 is 0 Å². The molecule has 2 aromatic carbocycles. The number of imide groups is 1. The van der Waals surface area contributed by atoms with Crippen LogP contribution in [0.25, 0.3) is 0 Å². The fourth-order valence-corrected chi connectivity index (χ4v) is 3.95. The highest BCUT2D eigenvalue weighted by Gasteiger charge is 2.29. The van der Waals surface area contributed by atoms with Crippen LogP contribution in [0.15, 0.2) is 53.4 Å². The van der Waals surface area contributed by atoms with Crippen LogP contribution in [0, 0.1) is 0 Å². The summed E-state index contributed by atoms with van der Waals surface area (Å²) in [4.78, 5) is 34.7. The van der Waals surface area contributed by atoms with E-state index in [9.17, 15) is 22.8 Å². The number of hydrogen-bond donors (Lipinski definition) is 4. The summed E-state index contributed by atoms with van der Waals surface area (Å²) in [7, 11) is -2.49. The highest BCUT2D eigenvalue weighted by molar-refractivity contribution is 7.92. The third-order valence-corrected chi connectivity index (χ3v) is 5.66. The molecule has 0 aliphatic carbocycles. The van der Waals surface area contributed by atoms with Crippen LogP contribution in [0.3, 0.4) is 0 Å². The maximum atomic E-state index is 12.7. The van der Waals surface area contributed by atoms with E-state index in [1.54, 1.807) is 30.3 Å². The molecule has 10 nitrogen and oxygen atoms in total. The third kappa shape index (κ3) is 5.06. The number of rotatable bonds is 8. The van der Waals surface area contributed by atoms with Gasteiger partial charge in [-0.2, -0.15) is 0 Å². The number of sulfonamides is 1. The lowest BCUT2D eigenvalue weighted by molar-refractivity contribution is -0.120. The monoisotopic (exact) mass is 432 g/mol. The minimum Gasteiger partial charge on any atom is -0.495 e. The van der Waals surface area contributed by atoms with Crippen molar-refractivity contribution in [2.45, 2.75) is 23.8 Å². The summed E-state index contributed by atoms with van der Waals surface area (Å²) in [6, 6.07) is 11.0. The van der Waals surface area contributed by atoms with Gasteiger partial charge < -0.3 is 15.4 Å². The van der Waals surface area contributed by atoms with Crippen molar-refractivity contribution in [2.75, 3.05) is 17.1 Å². The van der Waals surface area contributed by atoms with Gasteiger partial charge in [0.2, 0.25) is 5.91 Å². The molecule has 0 aromatic heterocycles. The van der Waals surface area contributed by atoms with Gasteiger partial charge in [-0.3, -0.25) is 19.6 Å². The quantitative estimate of drug-likeness (QED) is 0.465. The number of methoxy groups -OCH3 is 1. The molecule has 1 saturated heterocycles. The van der Waals surface area contributed by atoms with Crippen LogP contribution in [-0.2, 0) is 19.6 Å². The fourth-order valence-electron chi connectivity index (χ4n) is 2.83. The number of para-hydroxylation sites is 2. The highest BCUT2D eigenvalue weighted by atomic mass is 32.2. The maximum Gasteiger partial charge on any atom is 0.322 e. The highest BCUT2D eigenvalue weighted by Crippen LogP contribution is 2.26. The Balaban J connectivity index is 1.65. The summed E-state index contributed by atoms with van der Waals surface area (Å²) in [5.41, 5.74) is 0.564. The Morgan fingerprint density at radius 2 is 1.90 bits per heavy atom. The molecule has 0 bridgehead atoms. The van der Waals surface area contributed by atoms with Crippen molar-refractivity contribution in [2.24, 2.45) is 0 Å². The van der Waals surface area contributed by atoms with Crippen molar-refractivity contribution in [1.29, 1.82) is 0 Å². The van der Waals surface area contributed by atoms with Gasteiger partial charge in [0.25, 0.3) is 15.9 Å². The Morgan fingerprint density at radius 3 is 2.60 bits per heavy atom. The SMILES string of the molecule is COc1ccccc1NS(=O)(=O)c1cccc(NC(=O)CC[C@@H]2NC(=O)NC2=O)c1. The lowest BCUT2D eigenvalue weighted by Crippen LogP contribution is -2.30. The van der Waals surface area contributed by atoms with Crippen LogP contribution in [0.1, 0.15) is 12.8 Å². The molecule has 158 valence electrons. The third-order valence-electron chi connectivity index (χ3n) is 4.30. The van der Waals surface area contributed by atoms with Gasteiger partial charge in [0, 0.05) is 12.1 Å². The zero-order chi connectivity index (χ0) is 21.7. The van der Waals surface area contributed by atoms with E-state index < -0.39 is 33.9 Å². The summed E-state index contributed by atoms with van der Waals surface area (Å²) >= 11 is 0. The van der Waals surface area contributed by atoms with E-state index in [0.717, 1.165) is 0 Å². The molecule has 1 aliphatic rings. The first-order chi connectivity index (χ1) is 14.3. The largest absolute Gasteiger partial charge is 0.495 e. The molecular formula is C19H20N4O6S. The van der Waals surface area contributed by atoms with Gasteiger partial charge in [0.15, 0.2) is 0 Å². The van der Waals surface area contributed by atoms with Gasteiger partial charge in [-0.25, -0.2) is 13.2 Å². The minimum atomic E-state index is -3.92. The van der Waals surface area contributed by atoms with E-state index in [-0.39, 0.29) is 29.1 Å². The van der Waals surface area contributed by atoms with Crippen LogP contribution in [0.4, 0.5) is 16.2 Å². The second kappa shape index (κ2) is 8.82. The van der Waals surface area contributed by atoms with E-state index in [4.69, 9.17) is 4.74 Å². The minimum absolute atomic E-state index is 0.0329. The molecule has 11 heteroatoms. The first-order valence-electron chi connectivity index (χ1n) is 8.95. The molecule has 0 radical (unpaired) electrons. The van der Waals surface area contributed by atoms with Crippen molar-refractivity contribution in [3.05, 3.63) is 48.5 Å². The second-order valence-corrected chi connectivity index (χ2v) is 8.12. The molecule has 4 amide bonds. The van der Waals surface area contributed by atoms with Crippen LogP contribution in [0.5, 0.6) is 5.75 Å². The average Bonchev–Trinajstić information content (AvgIpc) is 3.04. The predicted octanol–water partition coefficient (Wildman–Crippen LogP) is 1.42. The predicted molar refractivity (Wildman–Crippen MR) is 109 cm³/mol. The van der Waals surface area contributed by atoms with Gasteiger partial charge >= 0.3 is 6.03 Å². The lowest BCUT2D eigenvalue weighted by Gasteiger charge is -2.13. The van der Waals surface area contributed by atoms with Gasteiger partial charge in [-0.15, -0.1) is 0 Å². The average molecular weight is 432 g/mol. The van der Waals surface area contributed by atoms with E-state index in [1.807, 2.05) is 0 Å². The molecule has 4 N–H and O–H groups in total. The molecule has 3 rings (SSSR count). The Kier molecular flexibility index (Phi) is 6.21. The molecule has 0 unspecified atom stereocenters. The van der Waals surface area contributed by atoms with Crippen LogP contribution >= 0.6 is 0 Å². The molecule has 30 heavy (non-hydrogen) atoms. The second-order valence-electron chi connectivity index (χ2n) is 6.44. The fraction of sp³-hybridized carbons (Fsp3) is 0.211. The smallest absolute Gasteiger partial charge is 0.322 e. The Hall–Kier alpha value is -3.60. The summed E-state index contributed by atoms with van der Waals surface area (Å²) in [5.74, 6) is -0.534. The summed E-state index contributed by atoms with van der Waals surface area (Å²) < 4.78 is 33.0. The number of nitrogens with one attached hydrogen (secondary N) is 4. The molecule has 0 spiro atoms. The molecule has 1 heterocycles. The van der Waals surface area contributed by atoms with Gasteiger partial charge in [0.1, 0.15) is 11.8 Å². The normalized spacial score (nSPS) is 15.8. The summed E-state index contributed by atoms with van der Waals surface area (Å²) in [5, 5.41) is 7.09. The summed E-state index contributed by atoms with van der Waals surface area (Å²) in [6.45, 7) is 0. The van der Waals surface area contributed by atoms with Crippen molar-refractivity contribution >= 4 is 39.2 Å². The van der Waals surface area contributed by atoms with Crippen molar-refractivity contribution in [1.82, 2.24) is 10.6 Å². The number of hydrogen-bond acceptors (Lipinski definition) is 6. The Morgan fingerprint density at radius 1 is 1.13 bits per heavy atom. The standard InChI is InChI=1S/C19H20N4O6S/c1-29-16-8-3-2-7-14(16)23-30(27,28)13-6-4-5-12(11-13)20-17(24)10-9-15-18(25)22-19(26)21-15/h2-8,11,15,23H,9-10H2,1H3,(H,20,24)(H2,21,22,25,26)/t15-/m0/s1. The van der Waals surface area contributed by atoms with Gasteiger partial charge in [0.05, 0.1) is 17.7 Å². The Bertz CT molecular complexity index is 1090. The summed E-state index contributed by atoms with van der Waals surface area (Å²) in [6.07, 6.45) is 0.0889. The first-order valence-corrected chi connectivity index (χ1v) is 10.4. The number of carbonyl (C=O) groups excluding carboxylic acids is 3. The van der Waals surface area contributed by atoms with E-state index in [0.29, 0.717) is 5.75 Å². The number of anilines is 2. The van der Waals surface area contributed by atoms with Crippen LogP contribution < -0.4 is 25.4 Å². The van der Waals surface area contributed by atoms with Gasteiger partial charge in [-0.05, 0) is 36.8 Å². The van der Waals surface area contributed by atoms with E-state index in [2.05, 4.69) is 20.7 Å². The number of ether oxygens (including phenoxy) is 1. The number of urea groups is 1. The Labute approximate surface area is 173 Å². The lowest BCUT2D eigenvalue weighted by atomic mass is 10.1. The molecule has 1 fully saturated rings.